The van der Waals surface area contributed by atoms with Crippen molar-refractivity contribution in [2.75, 3.05) is 41.9 Å². The normalized spacial score (nSPS) is 15.4. The number of hydrogen-bond donors (Lipinski definition) is 1. The van der Waals surface area contributed by atoms with E-state index in [2.05, 4.69) is 31.4 Å². The van der Waals surface area contributed by atoms with Crippen LogP contribution < -0.4 is 10.2 Å². The first kappa shape index (κ1) is 15.6. The number of anilines is 2. The van der Waals surface area contributed by atoms with Crippen molar-refractivity contribution in [3.05, 3.63) is 5.28 Å². The van der Waals surface area contributed by atoms with Gasteiger partial charge < -0.3 is 10.2 Å². The molecule has 1 fully saturated rings. The van der Waals surface area contributed by atoms with Crippen molar-refractivity contribution in [2.45, 2.75) is 32.1 Å². The van der Waals surface area contributed by atoms with Crippen LogP contribution in [0.25, 0.3) is 0 Å². The number of thioether (sulfide) groups is 1. The van der Waals surface area contributed by atoms with Crippen molar-refractivity contribution in [3.8, 4) is 0 Å². The predicted octanol–water partition coefficient (Wildman–Crippen LogP) is 3.07. The molecule has 1 saturated heterocycles. The molecule has 7 heteroatoms. The molecule has 0 saturated carbocycles. The topological polar surface area (TPSA) is 53.9 Å². The number of nitrogens with zero attached hydrogens (tertiary/aromatic N) is 4. The van der Waals surface area contributed by atoms with Crippen LogP contribution in [0.2, 0.25) is 5.28 Å². The molecule has 20 heavy (non-hydrogen) atoms. The summed E-state index contributed by atoms with van der Waals surface area (Å²) in [4.78, 5) is 15.1. The number of rotatable bonds is 7. The Hall–Kier alpha value is -0.750. The lowest BCUT2D eigenvalue weighted by molar-refractivity contribution is 0.567. The molecule has 0 unspecified atom stereocenters. The minimum absolute atomic E-state index is 0.271. The Bertz CT molecular complexity index is 412. The molecular weight excluding hydrogens is 294 g/mol. The van der Waals surface area contributed by atoms with Gasteiger partial charge >= 0.3 is 0 Å². The standard InChI is InChI=1S/C13H22ClN5S/c1-20-10-6-3-7-15-12-16-11(14)17-13(18-12)19-8-4-2-5-9-19/h2-10H2,1H3,(H,15,16,17,18). The minimum atomic E-state index is 0.271. The first-order valence-electron chi connectivity index (χ1n) is 7.19. The summed E-state index contributed by atoms with van der Waals surface area (Å²) in [6.45, 7) is 2.89. The Morgan fingerprint density at radius 3 is 2.70 bits per heavy atom. The molecule has 1 aliphatic heterocycles. The maximum atomic E-state index is 6.00. The summed E-state index contributed by atoms with van der Waals surface area (Å²) in [6, 6.07) is 0. The lowest BCUT2D eigenvalue weighted by atomic mass is 10.1. The van der Waals surface area contributed by atoms with Crippen LogP contribution in [0.15, 0.2) is 0 Å². The van der Waals surface area contributed by atoms with E-state index in [4.69, 9.17) is 11.6 Å². The Balaban J connectivity index is 1.90. The minimum Gasteiger partial charge on any atom is -0.354 e. The highest BCUT2D eigenvalue weighted by Gasteiger charge is 2.15. The second-order valence-electron chi connectivity index (χ2n) is 4.90. The summed E-state index contributed by atoms with van der Waals surface area (Å²) < 4.78 is 0. The van der Waals surface area contributed by atoms with E-state index in [1.807, 2.05) is 11.8 Å². The quantitative estimate of drug-likeness (QED) is 0.780. The first-order chi connectivity index (χ1) is 9.79. The third-order valence-corrected chi connectivity index (χ3v) is 4.16. The molecule has 1 N–H and O–H groups in total. The van der Waals surface area contributed by atoms with Gasteiger partial charge in [-0.2, -0.15) is 26.7 Å². The molecule has 2 heterocycles. The van der Waals surface area contributed by atoms with Gasteiger partial charge in [0.1, 0.15) is 0 Å². The molecule has 5 nitrogen and oxygen atoms in total. The molecule has 2 rings (SSSR count). The van der Waals surface area contributed by atoms with E-state index >= 15 is 0 Å². The monoisotopic (exact) mass is 315 g/mol. The van der Waals surface area contributed by atoms with E-state index in [-0.39, 0.29) is 5.28 Å². The van der Waals surface area contributed by atoms with Crippen molar-refractivity contribution < 1.29 is 0 Å². The maximum Gasteiger partial charge on any atom is 0.231 e. The molecule has 0 atom stereocenters. The van der Waals surface area contributed by atoms with Crippen LogP contribution in [0.4, 0.5) is 11.9 Å². The van der Waals surface area contributed by atoms with E-state index in [0.29, 0.717) is 11.9 Å². The SMILES string of the molecule is CSCCCCNc1nc(Cl)nc(N2CCCCC2)n1. The zero-order chi connectivity index (χ0) is 14.2. The molecule has 1 aromatic heterocycles. The highest BCUT2D eigenvalue weighted by molar-refractivity contribution is 7.98. The molecule has 1 aliphatic rings. The van der Waals surface area contributed by atoms with Crippen molar-refractivity contribution in [1.29, 1.82) is 0 Å². The van der Waals surface area contributed by atoms with Crippen LogP contribution in [0.5, 0.6) is 0 Å². The summed E-state index contributed by atoms with van der Waals surface area (Å²) in [5, 5.41) is 3.51. The van der Waals surface area contributed by atoms with Gasteiger partial charge in [-0.05, 0) is 55.7 Å². The summed E-state index contributed by atoms with van der Waals surface area (Å²) in [6.07, 6.45) is 8.12. The zero-order valence-electron chi connectivity index (χ0n) is 11.9. The molecule has 0 aliphatic carbocycles. The van der Waals surface area contributed by atoms with Gasteiger partial charge in [-0.15, -0.1) is 0 Å². The first-order valence-corrected chi connectivity index (χ1v) is 8.96. The van der Waals surface area contributed by atoms with Gasteiger partial charge in [0.25, 0.3) is 0 Å². The van der Waals surface area contributed by atoms with Gasteiger partial charge in [-0.3, -0.25) is 0 Å². The summed E-state index contributed by atoms with van der Waals surface area (Å²) in [5.74, 6) is 2.49. The van der Waals surface area contributed by atoms with Crippen LogP contribution in [0.3, 0.4) is 0 Å². The van der Waals surface area contributed by atoms with Gasteiger partial charge in [0.05, 0.1) is 0 Å². The smallest absolute Gasteiger partial charge is 0.231 e. The molecule has 0 aromatic carbocycles. The molecule has 0 radical (unpaired) electrons. The maximum absolute atomic E-state index is 6.00. The number of nitrogens with one attached hydrogen (secondary N) is 1. The van der Waals surface area contributed by atoms with Crippen molar-refractivity contribution in [3.63, 3.8) is 0 Å². The highest BCUT2D eigenvalue weighted by atomic mass is 35.5. The summed E-state index contributed by atoms with van der Waals surface area (Å²) in [5.41, 5.74) is 0. The average Bonchev–Trinajstić information content (AvgIpc) is 2.47. The molecule has 0 spiro atoms. The number of unbranched alkanes of at least 4 members (excludes halogenated alkanes) is 1. The van der Waals surface area contributed by atoms with E-state index in [9.17, 15) is 0 Å². The Kier molecular flexibility index (Phi) is 6.66. The Morgan fingerprint density at radius 2 is 1.95 bits per heavy atom. The number of piperidine rings is 1. The van der Waals surface area contributed by atoms with Gasteiger partial charge in [0.15, 0.2) is 0 Å². The van der Waals surface area contributed by atoms with Crippen LogP contribution in [0, 0.1) is 0 Å². The van der Waals surface area contributed by atoms with Crippen molar-refractivity contribution in [2.24, 2.45) is 0 Å². The second-order valence-corrected chi connectivity index (χ2v) is 6.23. The van der Waals surface area contributed by atoms with Gasteiger partial charge in [0, 0.05) is 19.6 Å². The fourth-order valence-electron chi connectivity index (χ4n) is 2.23. The third-order valence-electron chi connectivity index (χ3n) is 3.29. The second kappa shape index (κ2) is 8.52. The fourth-order valence-corrected chi connectivity index (χ4v) is 2.87. The lowest BCUT2D eigenvalue weighted by Crippen LogP contribution is -2.31. The highest BCUT2D eigenvalue weighted by Crippen LogP contribution is 2.18. The third kappa shape index (κ3) is 4.98. The molecular formula is C13H22ClN5S. The van der Waals surface area contributed by atoms with Crippen molar-refractivity contribution in [1.82, 2.24) is 15.0 Å². The fraction of sp³-hybridized carbons (Fsp3) is 0.769. The van der Waals surface area contributed by atoms with Crippen LogP contribution in [-0.2, 0) is 0 Å². The average molecular weight is 316 g/mol. The van der Waals surface area contributed by atoms with Gasteiger partial charge in [-0.1, -0.05) is 0 Å². The van der Waals surface area contributed by atoms with Crippen LogP contribution in [-0.4, -0.2) is 46.6 Å². The summed E-state index contributed by atoms with van der Waals surface area (Å²) >= 11 is 7.87. The Morgan fingerprint density at radius 1 is 1.15 bits per heavy atom. The Labute approximate surface area is 129 Å². The van der Waals surface area contributed by atoms with E-state index in [0.717, 1.165) is 26.1 Å². The summed E-state index contributed by atoms with van der Waals surface area (Å²) in [7, 11) is 0. The number of aromatic nitrogens is 3. The largest absolute Gasteiger partial charge is 0.354 e. The molecule has 1 aromatic rings. The predicted molar refractivity (Wildman–Crippen MR) is 87.0 cm³/mol. The van der Waals surface area contributed by atoms with Crippen LogP contribution >= 0.6 is 23.4 Å². The van der Waals surface area contributed by atoms with E-state index in [1.165, 1.54) is 31.4 Å². The number of hydrogen-bond acceptors (Lipinski definition) is 6. The lowest BCUT2D eigenvalue weighted by Gasteiger charge is -2.26. The van der Waals surface area contributed by atoms with E-state index in [1.54, 1.807) is 0 Å². The van der Waals surface area contributed by atoms with E-state index < -0.39 is 0 Å². The van der Waals surface area contributed by atoms with Gasteiger partial charge in [0.2, 0.25) is 17.2 Å². The molecule has 0 amide bonds. The number of halogens is 1. The van der Waals surface area contributed by atoms with Crippen LogP contribution in [0.1, 0.15) is 32.1 Å². The zero-order valence-corrected chi connectivity index (χ0v) is 13.5. The van der Waals surface area contributed by atoms with Gasteiger partial charge in [-0.25, -0.2) is 0 Å². The molecule has 112 valence electrons. The molecule has 0 bridgehead atoms. The van der Waals surface area contributed by atoms with Crippen molar-refractivity contribution >= 4 is 35.3 Å².